The number of hydrogen-bond donors (Lipinski definition) is 2. The van der Waals surface area contributed by atoms with Crippen LogP contribution >= 0.6 is 0 Å². The average Bonchev–Trinajstić information content (AvgIpc) is 3.09. The fourth-order valence-corrected chi connectivity index (χ4v) is 4.09. The maximum atomic E-state index is 9.75. The van der Waals surface area contributed by atoms with Gasteiger partial charge in [-0.15, -0.1) is 0 Å². The topological polar surface area (TPSA) is 101 Å². The first-order valence-corrected chi connectivity index (χ1v) is 9.74. The Balaban J connectivity index is 1.57. The van der Waals surface area contributed by atoms with Crippen molar-refractivity contribution in [1.29, 1.82) is 5.26 Å². The van der Waals surface area contributed by atoms with E-state index in [0.29, 0.717) is 23.0 Å². The smallest absolute Gasteiger partial charge is 0.161 e. The number of rotatable bonds is 2. The Hall–Kier alpha value is -3.44. The van der Waals surface area contributed by atoms with Gasteiger partial charge in [0.15, 0.2) is 5.75 Å². The minimum absolute atomic E-state index is 0.280. The van der Waals surface area contributed by atoms with Gasteiger partial charge in [0.2, 0.25) is 0 Å². The fraction of sp³-hybridized carbons (Fsp3) is 0.333. The molecule has 2 aromatic heterocycles. The monoisotopic (exact) mass is 387 g/mol. The molecule has 0 radical (unpaired) electrons. The number of aromatic nitrogens is 4. The molecule has 0 spiro atoms. The second-order valence-electron chi connectivity index (χ2n) is 7.45. The molecule has 1 saturated heterocycles. The van der Waals surface area contributed by atoms with Crippen LogP contribution in [0.5, 0.6) is 5.75 Å². The van der Waals surface area contributed by atoms with Gasteiger partial charge in [-0.05, 0) is 49.5 Å². The van der Waals surface area contributed by atoms with Crippen molar-refractivity contribution in [2.75, 3.05) is 18.4 Å². The molecule has 1 aromatic carbocycles. The van der Waals surface area contributed by atoms with Crippen LogP contribution < -0.4 is 15.4 Å². The summed E-state index contributed by atoms with van der Waals surface area (Å²) in [7, 11) is 1.87. The van der Waals surface area contributed by atoms with Crippen molar-refractivity contribution in [3.8, 4) is 23.1 Å². The number of aryl methyl sites for hydroxylation is 1. The first-order chi connectivity index (χ1) is 14.2. The molecule has 0 atom stereocenters. The summed E-state index contributed by atoms with van der Waals surface area (Å²) in [5, 5.41) is 20.8. The van der Waals surface area contributed by atoms with Crippen molar-refractivity contribution in [3.63, 3.8) is 0 Å². The molecule has 1 fully saturated rings. The summed E-state index contributed by atoms with van der Waals surface area (Å²) in [5.41, 5.74) is 5.03. The number of benzene rings is 1. The highest BCUT2D eigenvalue weighted by molar-refractivity contribution is 5.76. The summed E-state index contributed by atoms with van der Waals surface area (Å²) in [6.45, 7) is 2.28. The number of nitrogens with one attached hydrogen (secondary N) is 2. The zero-order valence-corrected chi connectivity index (χ0v) is 16.1. The van der Waals surface area contributed by atoms with Gasteiger partial charge in [0.05, 0.1) is 28.7 Å². The summed E-state index contributed by atoms with van der Waals surface area (Å²) in [5.74, 6) is 1.71. The lowest BCUT2D eigenvalue weighted by molar-refractivity contribution is 0.309. The van der Waals surface area contributed by atoms with E-state index in [1.807, 2.05) is 19.3 Å². The average molecular weight is 387 g/mol. The third-order valence-corrected chi connectivity index (χ3v) is 5.58. The maximum absolute atomic E-state index is 9.75. The Labute approximate surface area is 168 Å². The quantitative estimate of drug-likeness (QED) is 0.697. The third-order valence-electron chi connectivity index (χ3n) is 5.58. The van der Waals surface area contributed by atoms with Gasteiger partial charge in [-0.3, -0.25) is 4.68 Å². The van der Waals surface area contributed by atoms with Crippen molar-refractivity contribution >= 4 is 11.5 Å². The van der Waals surface area contributed by atoms with E-state index in [1.54, 1.807) is 17.2 Å². The lowest BCUT2D eigenvalue weighted by Crippen LogP contribution is -2.26. The molecular weight excluding hydrogens is 366 g/mol. The first kappa shape index (κ1) is 17.6. The maximum Gasteiger partial charge on any atom is 0.161 e. The Morgan fingerprint density at radius 1 is 1.24 bits per heavy atom. The third kappa shape index (κ3) is 3.19. The van der Waals surface area contributed by atoms with Crippen LogP contribution in [0.25, 0.3) is 11.3 Å². The molecule has 0 aliphatic carbocycles. The summed E-state index contributed by atoms with van der Waals surface area (Å²) in [6.07, 6.45) is 7.36. The minimum atomic E-state index is 0.280. The molecule has 2 aliphatic heterocycles. The molecule has 8 heteroatoms. The number of ether oxygens (including phenoxy) is 1. The first-order valence-electron chi connectivity index (χ1n) is 9.74. The van der Waals surface area contributed by atoms with Gasteiger partial charge in [0.25, 0.3) is 0 Å². The largest absolute Gasteiger partial charge is 0.485 e. The van der Waals surface area contributed by atoms with Crippen LogP contribution in [0.15, 0.2) is 30.9 Å². The van der Waals surface area contributed by atoms with E-state index in [4.69, 9.17) is 4.74 Å². The Bertz CT molecular complexity index is 1110. The fourth-order valence-electron chi connectivity index (χ4n) is 4.09. The van der Waals surface area contributed by atoms with Crippen LogP contribution in [0.2, 0.25) is 0 Å². The van der Waals surface area contributed by atoms with Crippen LogP contribution in [-0.2, 0) is 13.7 Å². The van der Waals surface area contributed by atoms with Gasteiger partial charge < -0.3 is 15.4 Å². The number of anilines is 2. The molecule has 2 N–H and O–H groups in total. The zero-order chi connectivity index (χ0) is 19.8. The highest BCUT2D eigenvalue weighted by Gasteiger charge is 2.25. The van der Waals surface area contributed by atoms with Crippen LogP contribution in [0.3, 0.4) is 0 Å². The summed E-state index contributed by atoms with van der Waals surface area (Å²) < 4.78 is 7.84. The minimum Gasteiger partial charge on any atom is -0.485 e. The predicted molar refractivity (Wildman–Crippen MR) is 108 cm³/mol. The van der Waals surface area contributed by atoms with Gasteiger partial charge in [0, 0.05) is 18.8 Å². The second kappa shape index (κ2) is 7.18. The van der Waals surface area contributed by atoms with Crippen molar-refractivity contribution < 1.29 is 4.74 Å². The molecule has 3 aromatic rings. The standard InChI is InChI=1S/C21H21N7O/c1-28-10-16(9-26-28)19-17-11-29-20-15(8-22)6-14(13-2-4-23-5-3-13)7-18(20)27-21(17)25-12-24-19/h6-7,9-10,12-13,23H,2-5,11H2,1H3,(H,24,25,27). The van der Waals surface area contributed by atoms with E-state index in [-0.39, 0.29) is 6.61 Å². The molecule has 146 valence electrons. The molecule has 0 bridgehead atoms. The molecule has 8 nitrogen and oxygen atoms in total. The Kier molecular flexibility index (Phi) is 4.37. The number of hydrogen-bond acceptors (Lipinski definition) is 7. The van der Waals surface area contributed by atoms with E-state index in [0.717, 1.165) is 48.4 Å². The predicted octanol–water partition coefficient (Wildman–Crippen LogP) is 2.85. The molecule has 0 saturated carbocycles. The van der Waals surface area contributed by atoms with E-state index in [2.05, 4.69) is 37.8 Å². The SMILES string of the molecule is Cn1cc(-c2ncnc3c2COc2c(C#N)cc(C4CCNCC4)cc2N3)cn1. The van der Waals surface area contributed by atoms with Crippen molar-refractivity contribution in [2.45, 2.75) is 25.4 Å². The molecule has 0 unspecified atom stereocenters. The van der Waals surface area contributed by atoms with Crippen molar-refractivity contribution in [2.24, 2.45) is 7.05 Å². The molecule has 29 heavy (non-hydrogen) atoms. The van der Waals surface area contributed by atoms with Crippen molar-refractivity contribution in [1.82, 2.24) is 25.1 Å². The van der Waals surface area contributed by atoms with Crippen LogP contribution in [0, 0.1) is 11.3 Å². The summed E-state index contributed by atoms with van der Waals surface area (Å²) in [4.78, 5) is 8.90. The van der Waals surface area contributed by atoms with Gasteiger partial charge in [-0.25, -0.2) is 9.97 Å². The Morgan fingerprint density at radius 2 is 2.10 bits per heavy atom. The number of fused-ring (bicyclic) bond motifs is 2. The zero-order valence-electron chi connectivity index (χ0n) is 16.1. The number of piperidine rings is 1. The van der Waals surface area contributed by atoms with Gasteiger partial charge in [-0.2, -0.15) is 10.4 Å². The normalized spacial score (nSPS) is 16.0. The van der Waals surface area contributed by atoms with E-state index in [1.165, 1.54) is 5.56 Å². The molecule has 0 amide bonds. The lowest BCUT2D eigenvalue weighted by Gasteiger charge is -2.24. The molecule has 5 rings (SSSR count). The van der Waals surface area contributed by atoms with Crippen LogP contribution in [0.1, 0.15) is 35.4 Å². The molecule has 4 heterocycles. The number of nitriles is 1. The van der Waals surface area contributed by atoms with Gasteiger partial charge >= 0.3 is 0 Å². The highest BCUT2D eigenvalue weighted by atomic mass is 16.5. The van der Waals surface area contributed by atoms with E-state index < -0.39 is 0 Å². The lowest BCUT2D eigenvalue weighted by atomic mass is 9.89. The summed E-state index contributed by atoms with van der Waals surface area (Å²) in [6, 6.07) is 6.39. The van der Waals surface area contributed by atoms with Crippen LogP contribution in [0.4, 0.5) is 11.5 Å². The van der Waals surface area contributed by atoms with Crippen LogP contribution in [-0.4, -0.2) is 32.8 Å². The second-order valence-corrected chi connectivity index (χ2v) is 7.45. The Morgan fingerprint density at radius 3 is 2.86 bits per heavy atom. The van der Waals surface area contributed by atoms with Gasteiger partial charge in [0.1, 0.15) is 24.8 Å². The highest BCUT2D eigenvalue weighted by Crippen LogP contribution is 2.41. The van der Waals surface area contributed by atoms with Crippen molar-refractivity contribution in [3.05, 3.63) is 47.5 Å². The van der Waals surface area contributed by atoms with Gasteiger partial charge in [-0.1, -0.05) is 0 Å². The summed E-state index contributed by atoms with van der Waals surface area (Å²) >= 11 is 0. The molecular formula is C21H21N7O. The van der Waals surface area contributed by atoms with E-state index in [9.17, 15) is 5.26 Å². The van der Waals surface area contributed by atoms with E-state index >= 15 is 0 Å². The molecule has 2 aliphatic rings. The number of nitrogens with zero attached hydrogens (tertiary/aromatic N) is 5.